The third-order valence-electron chi connectivity index (χ3n) is 3.31. The first kappa shape index (κ1) is 14.1. The van der Waals surface area contributed by atoms with Gasteiger partial charge in [-0.15, -0.1) is 0 Å². The van der Waals surface area contributed by atoms with Crippen LogP contribution in [0.1, 0.15) is 21.7 Å². The number of fused-ring (bicyclic) bond motifs is 1. The first-order valence-electron chi connectivity index (χ1n) is 6.35. The molecule has 0 saturated heterocycles. The van der Waals surface area contributed by atoms with Crippen LogP contribution in [0.2, 0.25) is 0 Å². The largest absolute Gasteiger partial charge is 0.476 e. The van der Waals surface area contributed by atoms with Crippen LogP contribution in [0.4, 0.5) is 4.39 Å². The Bertz CT molecular complexity index is 736. The molecule has 0 bridgehead atoms. The number of nitrogens with one attached hydrogen (secondary N) is 1. The summed E-state index contributed by atoms with van der Waals surface area (Å²) in [5.74, 6) is -1.17. The maximum atomic E-state index is 13.3. The molecule has 1 aromatic carbocycles. The van der Waals surface area contributed by atoms with Crippen molar-refractivity contribution < 1.29 is 14.3 Å². The second kappa shape index (κ2) is 5.50. The Kier molecular flexibility index (Phi) is 3.69. The molecular weight excluding hydrogens is 341 g/mol. The van der Waals surface area contributed by atoms with E-state index in [2.05, 4.69) is 31.2 Å². The second-order valence-electron chi connectivity index (χ2n) is 4.68. The summed E-state index contributed by atoms with van der Waals surface area (Å²) in [6, 6.07) is 4.38. The van der Waals surface area contributed by atoms with Crippen LogP contribution in [0.25, 0.3) is 11.4 Å². The number of carboxylic acids is 1. The van der Waals surface area contributed by atoms with E-state index in [0.717, 1.165) is 12.2 Å². The number of carbonyl (C=O) groups is 1. The molecule has 1 aliphatic heterocycles. The van der Waals surface area contributed by atoms with E-state index in [1.165, 1.54) is 12.1 Å². The number of hydrogen-bond donors (Lipinski definition) is 2. The fourth-order valence-corrected chi connectivity index (χ4v) is 2.66. The number of aromatic carboxylic acids is 1. The van der Waals surface area contributed by atoms with E-state index in [1.54, 1.807) is 6.07 Å². The van der Waals surface area contributed by atoms with E-state index in [9.17, 15) is 14.3 Å². The van der Waals surface area contributed by atoms with Gasteiger partial charge in [0.2, 0.25) is 0 Å². The molecule has 0 fully saturated rings. The van der Waals surface area contributed by atoms with Gasteiger partial charge in [0, 0.05) is 30.6 Å². The molecule has 1 aliphatic rings. The zero-order valence-electron chi connectivity index (χ0n) is 10.9. The number of nitrogens with zero attached hydrogens (tertiary/aromatic N) is 2. The lowest BCUT2D eigenvalue weighted by molar-refractivity contribution is 0.0688. The number of carboxylic acid groups (broad SMARTS) is 1. The highest BCUT2D eigenvalue weighted by Gasteiger charge is 2.22. The van der Waals surface area contributed by atoms with E-state index in [4.69, 9.17) is 0 Å². The smallest absolute Gasteiger partial charge is 0.354 e. The number of halogens is 2. The van der Waals surface area contributed by atoms with Crippen LogP contribution >= 0.6 is 15.9 Å². The van der Waals surface area contributed by atoms with Gasteiger partial charge < -0.3 is 10.4 Å². The molecule has 0 amide bonds. The summed E-state index contributed by atoms with van der Waals surface area (Å²) >= 11 is 3.11. The quantitative estimate of drug-likeness (QED) is 0.868. The summed E-state index contributed by atoms with van der Waals surface area (Å²) in [5.41, 5.74) is 1.94. The maximum Gasteiger partial charge on any atom is 0.354 e. The fourth-order valence-electron chi connectivity index (χ4n) is 2.28. The Hall–Kier alpha value is -1.86. The van der Waals surface area contributed by atoms with Crippen LogP contribution < -0.4 is 5.32 Å². The summed E-state index contributed by atoms with van der Waals surface area (Å²) in [7, 11) is 0. The Labute approximate surface area is 128 Å². The van der Waals surface area contributed by atoms with Gasteiger partial charge in [-0.3, -0.25) is 0 Å². The zero-order valence-corrected chi connectivity index (χ0v) is 12.4. The number of rotatable bonds is 2. The van der Waals surface area contributed by atoms with Crippen LogP contribution in [-0.2, 0) is 13.0 Å². The number of hydrogen-bond acceptors (Lipinski definition) is 4. The maximum absolute atomic E-state index is 13.3. The van der Waals surface area contributed by atoms with Gasteiger partial charge >= 0.3 is 5.97 Å². The van der Waals surface area contributed by atoms with Crippen molar-refractivity contribution in [3.63, 3.8) is 0 Å². The number of benzene rings is 1. The molecule has 7 heteroatoms. The molecule has 21 heavy (non-hydrogen) atoms. The lowest BCUT2D eigenvalue weighted by Gasteiger charge is -2.18. The summed E-state index contributed by atoms with van der Waals surface area (Å²) in [4.78, 5) is 20.0. The molecule has 0 atom stereocenters. The summed E-state index contributed by atoms with van der Waals surface area (Å²) in [6.45, 7) is 1.19. The predicted molar refractivity (Wildman–Crippen MR) is 77.5 cm³/mol. The van der Waals surface area contributed by atoms with Crippen LogP contribution in [0.5, 0.6) is 0 Å². The van der Waals surface area contributed by atoms with Gasteiger partial charge in [0.05, 0.1) is 10.2 Å². The number of aromatic nitrogens is 2. The summed E-state index contributed by atoms with van der Waals surface area (Å²) < 4.78 is 13.6. The van der Waals surface area contributed by atoms with E-state index in [1.807, 2.05) is 0 Å². The fraction of sp³-hybridized carbons (Fsp3) is 0.214. The van der Waals surface area contributed by atoms with E-state index in [0.29, 0.717) is 34.4 Å². The third-order valence-corrected chi connectivity index (χ3v) is 3.92. The third kappa shape index (κ3) is 2.66. The van der Waals surface area contributed by atoms with Crippen molar-refractivity contribution in [3.05, 3.63) is 45.4 Å². The van der Waals surface area contributed by atoms with Gasteiger partial charge in [-0.25, -0.2) is 19.2 Å². The van der Waals surface area contributed by atoms with E-state index < -0.39 is 5.97 Å². The minimum atomic E-state index is -1.08. The lowest BCUT2D eigenvalue weighted by atomic mass is 10.0. The van der Waals surface area contributed by atoms with Crippen molar-refractivity contribution in [3.8, 4) is 11.4 Å². The van der Waals surface area contributed by atoms with Crippen molar-refractivity contribution in [2.24, 2.45) is 0 Å². The molecule has 0 radical (unpaired) electrons. The van der Waals surface area contributed by atoms with Crippen LogP contribution in [0, 0.1) is 5.82 Å². The topological polar surface area (TPSA) is 75.1 Å². The van der Waals surface area contributed by atoms with Gasteiger partial charge in [0.1, 0.15) is 5.82 Å². The highest BCUT2D eigenvalue weighted by molar-refractivity contribution is 9.10. The molecule has 0 aliphatic carbocycles. The Morgan fingerprint density at radius 1 is 1.38 bits per heavy atom. The van der Waals surface area contributed by atoms with E-state index >= 15 is 0 Å². The van der Waals surface area contributed by atoms with Crippen molar-refractivity contribution >= 4 is 21.9 Å². The molecule has 2 heterocycles. The second-order valence-corrected chi connectivity index (χ2v) is 5.54. The van der Waals surface area contributed by atoms with Gasteiger partial charge in [-0.1, -0.05) is 0 Å². The summed E-state index contributed by atoms with van der Waals surface area (Å²) in [6.07, 6.45) is 0.646. The Morgan fingerprint density at radius 2 is 2.19 bits per heavy atom. The van der Waals surface area contributed by atoms with Crippen LogP contribution in [0.15, 0.2) is 22.7 Å². The van der Waals surface area contributed by atoms with Crippen molar-refractivity contribution in [2.45, 2.75) is 13.0 Å². The SMILES string of the molecule is O=C(O)c1nc(-c2ccc(F)c(Br)c2)nc2c1CNCC2. The molecule has 1 aromatic heterocycles. The van der Waals surface area contributed by atoms with Crippen molar-refractivity contribution in [1.29, 1.82) is 0 Å². The van der Waals surface area contributed by atoms with Crippen LogP contribution in [0.3, 0.4) is 0 Å². The molecule has 0 spiro atoms. The highest BCUT2D eigenvalue weighted by atomic mass is 79.9. The normalized spacial score (nSPS) is 13.8. The average molecular weight is 352 g/mol. The van der Waals surface area contributed by atoms with Crippen molar-refractivity contribution in [1.82, 2.24) is 15.3 Å². The lowest BCUT2D eigenvalue weighted by Crippen LogP contribution is -2.28. The molecule has 0 unspecified atom stereocenters. The van der Waals surface area contributed by atoms with Crippen molar-refractivity contribution in [2.75, 3.05) is 6.54 Å². The minimum absolute atomic E-state index is 0.00245. The molecule has 2 N–H and O–H groups in total. The zero-order chi connectivity index (χ0) is 15.0. The molecule has 108 valence electrons. The average Bonchev–Trinajstić information content (AvgIpc) is 2.48. The molecule has 2 aromatic rings. The standard InChI is InChI=1S/C14H11BrFN3O2/c15-9-5-7(1-2-10(9)16)13-18-11-3-4-17-6-8(11)12(19-13)14(20)21/h1-2,5,17H,3-4,6H2,(H,20,21). The molecule has 0 saturated carbocycles. The Balaban J connectivity index is 2.16. The first-order valence-corrected chi connectivity index (χ1v) is 7.15. The summed E-state index contributed by atoms with van der Waals surface area (Å²) in [5, 5.41) is 12.4. The Morgan fingerprint density at radius 3 is 2.90 bits per heavy atom. The van der Waals surface area contributed by atoms with Gasteiger partial charge in [-0.2, -0.15) is 0 Å². The first-order chi connectivity index (χ1) is 10.1. The van der Waals surface area contributed by atoms with E-state index in [-0.39, 0.29) is 11.5 Å². The molecular formula is C14H11BrFN3O2. The minimum Gasteiger partial charge on any atom is -0.476 e. The van der Waals surface area contributed by atoms with Crippen LogP contribution in [-0.4, -0.2) is 27.6 Å². The van der Waals surface area contributed by atoms with Gasteiger partial charge in [-0.05, 0) is 34.1 Å². The monoisotopic (exact) mass is 351 g/mol. The van der Waals surface area contributed by atoms with Gasteiger partial charge in [0.15, 0.2) is 11.5 Å². The predicted octanol–water partition coefficient (Wildman–Crippen LogP) is 2.39. The van der Waals surface area contributed by atoms with Gasteiger partial charge in [0.25, 0.3) is 0 Å². The highest BCUT2D eigenvalue weighted by Crippen LogP contribution is 2.25. The molecule has 5 nitrogen and oxygen atoms in total. The molecule has 3 rings (SSSR count).